The smallest absolute Gasteiger partial charge is 0.0360 e. The molecule has 0 N–H and O–H groups in total. The van der Waals surface area contributed by atoms with Gasteiger partial charge in [0, 0.05) is 0 Å². The van der Waals surface area contributed by atoms with Crippen LogP contribution < -0.4 is 0 Å². The van der Waals surface area contributed by atoms with Crippen LogP contribution in [0.1, 0.15) is 87.5 Å². The summed E-state index contributed by atoms with van der Waals surface area (Å²) in [5.74, 6) is 5.31. The standard InChI is InChI=1S/C19H40/c1-9-12-18(13-14(4)5)17(8)19(11-3)16(7)15(6)10-2/h14-19H,9-13H2,1-8H3. The lowest BCUT2D eigenvalue weighted by molar-refractivity contribution is 0.122. The number of rotatable bonds is 10. The van der Waals surface area contributed by atoms with Crippen molar-refractivity contribution < 1.29 is 0 Å². The van der Waals surface area contributed by atoms with Crippen molar-refractivity contribution in [3.63, 3.8) is 0 Å². The fraction of sp³-hybridized carbons (Fsp3) is 1.00. The Morgan fingerprint density at radius 1 is 0.737 bits per heavy atom. The van der Waals surface area contributed by atoms with Crippen molar-refractivity contribution in [1.29, 1.82) is 0 Å². The Bertz CT molecular complexity index is 206. The minimum Gasteiger partial charge on any atom is -0.0654 e. The molecule has 0 heteroatoms. The van der Waals surface area contributed by atoms with Crippen molar-refractivity contribution in [3.8, 4) is 0 Å². The third-order valence-electron chi connectivity index (χ3n) is 5.54. The molecule has 5 atom stereocenters. The SMILES string of the molecule is CCCC(CC(C)C)C(C)C(CC)C(C)C(C)CC. The molecule has 0 aliphatic carbocycles. The van der Waals surface area contributed by atoms with E-state index in [9.17, 15) is 0 Å². The van der Waals surface area contributed by atoms with Gasteiger partial charge in [-0.1, -0.05) is 81.1 Å². The average molecular weight is 269 g/mol. The average Bonchev–Trinajstić information content (AvgIpc) is 2.37. The van der Waals surface area contributed by atoms with Crippen LogP contribution in [0.2, 0.25) is 0 Å². The van der Waals surface area contributed by atoms with Crippen molar-refractivity contribution in [3.05, 3.63) is 0 Å². The third kappa shape index (κ3) is 6.32. The zero-order valence-corrected chi connectivity index (χ0v) is 15.0. The summed E-state index contributed by atoms with van der Waals surface area (Å²) >= 11 is 0. The molecule has 0 fully saturated rings. The van der Waals surface area contributed by atoms with Gasteiger partial charge < -0.3 is 0 Å². The Hall–Kier alpha value is 0. The second-order valence-corrected chi connectivity index (χ2v) is 7.35. The van der Waals surface area contributed by atoms with Crippen molar-refractivity contribution in [2.75, 3.05) is 0 Å². The van der Waals surface area contributed by atoms with Crippen LogP contribution in [0.3, 0.4) is 0 Å². The monoisotopic (exact) mass is 268 g/mol. The summed E-state index contributed by atoms with van der Waals surface area (Å²) < 4.78 is 0. The van der Waals surface area contributed by atoms with Crippen LogP contribution in [-0.2, 0) is 0 Å². The normalized spacial score (nSPS) is 20.1. The molecular formula is C19H40. The second-order valence-electron chi connectivity index (χ2n) is 7.35. The van der Waals surface area contributed by atoms with Crippen LogP contribution in [0.15, 0.2) is 0 Å². The predicted octanol–water partition coefficient (Wildman–Crippen LogP) is 6.79. The van der Waals surface area contributed by atoms with Crippen LogP contribution in [-0.4, -0.2) is 0 Å². The van der Waals surface area contributed by atoms with E-state index in [2.05, 4.69) is 55.4 Å². The quantitative estimate of drug-likeness (QED) is 0.409. The van der Waals surface area contributed by atoms with E-state index in [0.717, 1.165) is 35.5 Å². The predicted molar refractivity (Wildman–Crippen MR) is 89.4 cm³/mol. The molecule has 0 heterocycles. The van der Waals surface area contributed by atoms with Gasteiger partial charge in [0.05, 0.1) is 0 Å². The third-order valence-corrected chi connectivity index (χ3v) is 5.54. The molecule has 0 aromatic rings. The van der Waals surface area contributed by atoms with Gasteiger partial charge in [-0.05, 0) is 41.9 Å². The van der Waals surface area contributed by atoms with E-state index < -0.39 is 0 Å². The van der Waals surface area contributed by atoms with Gasteiger partial charge >= 0.3 is 0 Å². The lowest BCUT2D eigenvalue weighted by atomic mass is 9.68. The van der Waals surface area contributed by atoms with Gasteiger partial charge in [-0.3, -0.25) is 0 Å². The van der Waals surface area contributed by atoms with E-state index in [-0.39, 0.29) is 0 Å². The highest BCUT2D eigenvalue weighted by atomic mass is 14.4. The Balaban J connectivity index is 4.79. The summed E-state index contributed by atoms with van der Waals surface area (Å²) in [6, 6.07) is 0. The zero-order valence-electron chi connectivity index (χ0n) is 15.0. The van der Waals surface area contributed by atoms with Gasteiger partial charge in [-0.15, -0.1) is 0 Å². The largest absolute Gasteiger partial charge is 0.0654 e. The molecule has 5 unspecified atom stereocenters. The van der Waals surface area contributed by atoms with Crippen LogP contribution >= 0.6 is 0 Å². The van der Waals surface area contributed by atoms with E-state index in [4.69, 9.17) is 0 Å². The van der Waals surface area contributed by atoms with Crippen LogP contribution in [0.25, 0.3) is 0 Å². The summed E-state index contributed by atoms with van der Waals surface area (Å²) in [5.41, 5.74) is 0. The molecule has 0 saturated carbocycles. The first-order valence-electron chi connectivity index (χ1n) is 8.88. The molecule has 0 rings (SSSR count). The summed E-state index contributed by atoms with van der Waals surface area (Å²) in [6.07, 6.45) is 6.86. The van der Waals surface area contributed by atoms with Crippen LogP contribution in [0.5, 0.6) is 0 Å². The van der Waals surface area contributed by atoms with E-state index in [0.29, 0.717) is 0 Å². The molecule has 0 spiro atoms. The van der Waals surface area contributed by atoms with Crippen molar-refractivity contribution >= 4 is 0 Å². The molecule has 0 amide bonds. The Morgan fingerprint density at radius 2 is 1.32 bits per heavy atom. The van der Waals surface area contributed by atoms with E-state index in [1.165, 1.54) is 32.1 Å². The van der Waals surface area contributed by atoms with Gasteiger partial charge in [0.25, 0.3) is 0 Å². The number of hydrogen-bond donors (Lipinski definition) is 0. The van der Waals surface area contributed by atoms with Gasteiger partial charge in [0.2, 0.25) is 0 Å². The summed E-state index contributed by atoms with van der Waals surface area (Å²) in [5, 5.41) is 0. The molecule has 0 bridgehead atoms. The van der Waals surface area contributed by atoms with Crippen molar-refractivity contribution in [2.45, 2.75) is 87.5 Å². The highest BCUT2D eigenvalue weighted by molar-refractivity contribution is 4.79. The topological polar surface area (TPSA) is 0 Å². The minimum atomic E-state index is 0.843. The first-order valence-corrected chi connectivity index (χ1v) is 8.88. The zero-order chi connectivity index (χ0) is 15.0. The fourth-order valence-electron chi connectivity index (χ4n) is 3.94. The van der Waals surface area contributed by atoms with E-state index in [1.54, 1.807) is 0 Å². The minimum absolute atomic E-state index is 0.843. The maximum absolute atomic E-state index is 2.54. The fourth-order valence-corrected chi connectivity index (χ4v) is 3.94. The van der Waals surface area contributed by atoms with Gasteiger partial charge in [0.15, 0.2) is 0 Å². The highest BCUT2D eigenvalue weighted by Crippen LogP contribution is 2.38. The van der Waals surface area contributed by atoms with Crippen LogP contribution in [0, 0.1) is 35.5 Å². The lowest BCUT2D eigenvalue weighted by Crippen LogP contribution is -2.29. The molecule has 0 saturated heterocycles. The summed E-state index contributed by atoms with van der Waals surface area (Å²) in [4.78, 5) is 0. The Kier molecular flexibility index (Phi) is 9.83. The van der Waals surface area contributed by atoms with Crippen molar-refractivity contribution in [1.82, 2.24) is 0 Å². The molecule has 0 aromatic heterocycles. The molecule has 0 aliphatic rings. The Morgan fingerprint density at radius 3 is 1.68 bits per heavy atom. The first kappa shape index (κ1) is 19.0. The van der Waals surface area contributed by atoms with Gasteiger partial charge in [-0.25, -0.2) is 0 Å². The molecule has 0 aliphatic heterocycles. The number of hydrogen-bond acceptors (Lipinski definition) is 0. The Labute approximate surface area is 123 Å². The van der Waals surface area contributed by atoms with Crippen LogP contribution in [0.4, 0.5) is 0 Å². The summed E-state index contributed by atoms with van der Waals surface area (Å²) in [6.45, 7) is 19.3. The van der Waals surface area contributed by atoms with Gasteiger partial charge in [0.1, 0.15) is 0 Å². The molecule has 0 radical (unpaired) electrons. The second kappa shape index (κ2) is 9.83. The molecule has 0 nitrogen and oxygen atoms in total. The summed E-state index contributed by atoms with van der Waals surface area (Å²) in [7, 11) is 0. The molecular weight excluding hydrogens is 228 g/mol. The highest BCUT2D eigenvalue weighted by Gasteiger charge is 2.30. The molecule has 0 aromatic carbocycles. The maximum Gasteiger partial charge on any atom is -0.0360 e. The van der Waals surface area contributed by atoms with E-state index in [1.807, 2.05) is 0 Å². The molecule has 116 valence electrons. The van der Waals surface area contributed by atoms with Crippen molar-refractivity contribution in [2.24, 2.45) is 35.5 Å². The van der Waals surface area contributed by atoms with E-state index >= 15 is 0 Å². The lowest BCUT2D eigenvalue weighted by Gasteiger charge is -2.37. The van der Waals surface area contributed by atoms with Gasteiger partial charge in [-0.2, -0.15) is 0 Å². The first-order chi connectivity index (χ1) is 8.88. The molecule has 19 heavy (non-hydrogen) atoms. The maximum atomic E-state index is 2.54.